The Labute approximate surface area is 135 Å². The van der Waals surface area contributed by atoms with Crippen LogP contribution in [0.2, 0.25) is 0 Å². The molecule has 2 aromatic heterocycles. The lowest BCUT2D eigenvalue weighted by molar-refractivity contribution is 0.0975. The van der Waals surface area contributed by atoms with Gasteiger partial charge in [-0.1, -0.05) is 18.9 Å². The first-order valence-electron chi connectivity index (χ1n) is 7.54. The smallest absolute Gasteiger partial charge is 0.259 e. The lowest BCUT2D eigenvalue weighted by Gasteiger charge is -2.28. The van der Waals surface area contributed by atoms with Crippen molar-refractivity contribution in [3.63, 3.8) is 0 Å². The Morgan fingerprint density at radius 3 is 2.68 bits per heavy atom. The number of carbonyl (C=O) groups excluding carboxylic acids is 1. The molecular formula is C17H19N3OS. The molecule has 22 heavy (non-hydrogen) atoms. The molecule has 114 valence electrons. The van der Waals surface area contributed by atoms with Crippen LogP contribution in [0, 0.1) is 0 Å². The van der Waals surface area contributed by atoms with E-state index in [2.05, 4.69) is 9.97 Å². The van der Waals surface area contributed by atoms with E-state index in [4.69, 9.17) is 0 Å². The van der Waals surface area contributed by atoms with Gasteiger partial charge in [0.15, 0.2) is 0 Å². The molecule has 0 atom stereocenters. The Morgan fingerprint density at radius 1 is 1.18 bits per heavy atom. The van der Waals surface area contributed by atoms with E-state index in [1.165, 1.54) is 12.8 Å². The monoisotopic (exact) mass is 313 g/mol. The maximum atomic E-state index is 13.0. The number of carbonyl (C=O) groups is 1. The standard InChI is InChI=1S/C17H19N3OS/c1-22-16-12-13(9-11-19-16)17(21)20(14-6-2-3-7-14)15-8-4-5-10-18-15/h4-5,8-12,14H,2-3,6-7H2,1H3. The van der Waals surface area contributed by atoms with Crippen LogP contribution in [-0.4, -0.2) is 28.2 Å². The second-order valence-corrected chi connectivity index (χ2v) is 6.21. The van der Waals surface area contributed by atoms with E-state index in [0.29, 0.717) is 5.56 Å². The summed E-state index contributed by atoms with van der Waals surface area (Å²) in [4.78, 5) is 23.6. The molecule has 0 bridgehead atoms. The highest BCUT2D eigenvalue weighted by Crippen LogP contribution is 2.29. The highest BCUT2D eigenvalue weighted by Gasteiger charge is 2.29. The zero-order valence-corrected chi connectivity index (χ0v) is 13.4. The zero-order chi connectivity index (χ0) is 15.4. The number of anilines is 1. The van der Waals surface area contributed by atoms with Gasteiger partial charge in [0.2, 0.25) is 0 Å². The lowest BCUT2D eigenvalue weighted by Crippen LogP contribution is -2.39. The predicted molar refractivity (Wildman–Crippen MR) is 89.3 cm³/mol. The summed E-state index contributed by atoms with van der Waals surface area (Å²) < 4.78 is 0. The Kier molecular flexibility index (Phi) is 4.73. The Morgan fingerprint density at radius 2 is 2.00 bits per heavy atom. The molecule has 0 saturated heterocycles. The minimum atomic E-state index is 0.0169. The third-order valence-electron chi connectivity index (χ3n) is 4.00. The van der Waals surface area contributed by atoms with E-state index in [0.717, 1.165) is 23.7 Å². The molecule has 1 aliphatic carbocycles. The van der Waals surface area contributed by atoms with Crippen LogP contribution in [0.4, 0.5) is 5.82 Å². The maximum Gasteiger partial charge on any atom is 0.259 e. The summed E-state index contributed by atoms with van der Waals surface area (Å²) in [7, 11) is 0. The summed E-state index contributed by atoms with van der Waals surface area (Å²) in [5.41, 5.74) is 0.678. The lowest BCUT2D eigenvalue weighted by atomic mass is 10.1. The van der Waals surface area contributed by atoms with Crippen LogP contribution in [0.15, 0.2) is 47.8 Å². The Balaban J connectivity index is 1.95. The normalized spacial score (nSPS) is 15.0. The van der Waals surface area contributed by atoms with Gasteiger partial charge < -0.3 is 0 Å². The first-order valence-corrected chi connectivity index (χ1v) is 8.76. The molecule has 4 nitrogen and oxygen atoms in total. The topological polar surface area (TPSA) is 46.1 Å². The average molecular weight is 313 g/mol. The van der Waals surface area contributed by atoms with Gasteiger partial charge in [-0.05, 0) is 43.4 Å². The molecule has 1 amide bonds. The summed E-state index contributed by atoms with van der Waals surface area (Å²) in [5.74, 6) is 0.755. The molecule has 0 unspecified atom stereocenters. The number of hydrogen-bond acceptors (Lipinski definition) is 4. The van der Waals surface area contributed by atoms with Crippen molar-refractivity contribution in [2.45, 2.75) is 36.8 Å². The fraction of sp³-hybridized carbons (Fsp3) is 0.353. The number of thioether (sulfide) groups is 1. The molecule has 1 aliphatic rings. The van der Waals surface area contributed by atoms with Crippen molar-refractivity contribution in [2.75, 3.05) is 11.2 Å². The second kappa shape index (κ2) is 6.92. The van der Waals surface area contributed by atoms with E-state index >= 15 is 0 Å². The van der Waals surface area contributed by atoms with Gasteiger partial charge in [-0.15, -0.1) is 11.8 Å². The first kappa shape index (κ1) is 15.0. The van der Waals surface area contributed by atoms with Gasteiger partial charge in [0.25, 0.3) is 5.91 Å². The van der Waals surface area contributed by atoms with Crippen molar-refractivity contribution in [1.82, 2.24) is 9.97 Å². The van der Waals surface area contributed by atoms with Gasteiger partial charge in [0.05, 0.1) is 5.03 Å². The van der Waals surface area contributed by atoms with Gasteiger partial charge in [-0.25, -0.2) is 9.97 Å². The molecule has 3 rings (SSSR count). The Hall–Kier alpha value is -1.88. The van der Waals surface area contributed by atoms with Crippen LogP contribution in [0.1, 0.15) is 36.0 Å². The van der Waals surface area contributed by atoms with Crippen molar-refractivity contribution in [3.05, 3.63) is 48.3 Å². The largest absolute Gasteiger partial charge is 0.290 e. The SMILES string of the molecule is CSc1cc(C(=O)N(c2ccccn2)C2CCCC2)ccn1. The minimum Gasteiger partial charge on any atom is -0.290 e. The van der Waals surface area contributed by atoms with E-state index in [-0.39, 0.29) is 11.9 Å². The first-order chi connectivity index (χ1) is 10.8. The Bertz CT molecular complexity index is 641. The molecule has 2 heterocycles. The molecule has 0 N–H and O–H groups in total. The number of rotatable bonds is 4. The summed E-state index contributed by atoms with van der Waals surface area (Å²) in [6.07, 6.45) is 9.84. The highest BCUT2D eigenvalue weighted by atomic mass is 32.2. The highest BCUT2D eigenvalue weighted by molar-refractivity contribution is 7.98. The van der Waals surface area contributed by atoms with Gasteiger partial charge in [0, 0.05) is 24.0 Å². The molecule has 0 aliphatic heterocycles. The minimum absolute atomic E-state index is 0.0169. The summed E-state index contributed by atoms with van der Waals surface area (Å²) in [6, 6.07) is 9.60. The number of amides is 1. The van der Waals surface area contributed by atoms with E-state index in [9.17, 15) is 4.79 Å². The third-order valence-corrected chi connectivity index (χ3v) is 4.64. The fourth-order valence-electron chi connectivity index (χ4n) is 2.91. The summed E-state index contributed by atoms with van der Waals surface area (Å²) in [6.45, 7) is 0. The fourth-order valence-corrected chi connectivity index (χ4v) is 3.32. The molecule has 0 aromatic carbocycles. The molecule has 0 radical (unpaired) electrons. The quantitative estimate of drug-likeness (QED) is 0.806. The molecular weight excluding hydrogens is 294 g/mol. The van der Waals surface area contributed by atoms with Crippen molar-refractivity contribution in [3.8, 4) is 0 Å². The number of pyridine rings is 2. The van der Waals surface area contributed by atoms with E-state index < -0.39 is 0 Å². The zero-order valence-electron chi connectivity index (χ0n) is 12.6. The molecule has 2 aromatic rings. The van der Waals surface area contributed by atoms with Crippen LogP contribution < -0.4 is 4.90 Å². The molecule has 1 fully saturated rings. The van der Waals surface area contributed by atoms with Crippen molar-refractivity contribution in [1.29, 1.82) is 0 Å². The van der Waals surface area contributed by atoms with Gasteiger partial charge in [-0.3, -0.25) is 9.69 Å². The van der Waals surface area contributed by atoms with Crippen molar-refractivity contribution >= 4 is 23.5 Å². The number of nitrogens with zero attached hydrogens (tertiary/aromatic N) is 3. The van der Waals surface area contributed by atoms with E-state index in [1.54, 1.807) is 30.2 Å². The third kappa shape index (κ3) is 3.14. The van der Waals surface area contributed by atoms with Gasteiger partial charge in [0.1, 0.15) is 5.82 Å². The van der Waals surface area contributed by atoms with Crippen molar-refractivity contribution < 1.29 is 4.79 Å². The number of aromatic nitrogens is 2. The van der Waals surface area contributed by atoms with E-state index in [1.807, 2.05) is 35.4 Å². The number of hydrogen-bond donors (Lipinski definition) is 0. The summed E-state index contributed by atoms with van der Waals surface area (Å²) in [5, 5.41) is 0.859. The van der Waals surface area contributed by atoms with Crippen LogP contribution in [0.3, 0.4) is 0 Å². The maximum absolute atomic E-state index is 13.0. The molecule has 0 spiro atoms. The van der Waals surface area contributed by atoms with Crippen LogP contribution in [0.5, 0.6) is 0 Å². The van der Waals surface area contributed by atoms with Crippen LogP contribution >= 0.6 is 11.8 Å². The predicted octanol–water partition coefficient (Wildman–Crippen LogP) is 3.79. The molecule has 1 saturated carbocycles. The van der Waals surface area contributed by atoms with Gasteiger partial charge >= 0.3 is 0 Å². The second-order valence-electron chi connectivity index (χ2n) is 5.39. The van der Waals surface area contributed by atoms with Crippen LogP contribution in [0.25, 0.3) is 0 Å². The van der Waals surface area contributed by atoms with Gasteiger partial charge in [-0.2, -0.15) is 0 Å². The van der Waals surface area contributed by atoms with Crippen LogP contribution in [-0.2, 0) is 0 Å². The summed E-state index contributed by atoms with van der Waals surface area (Å²) >= 11 is 1.54. The molecule has 5 heteroatoms. The average Bonchev–Trinajstić information content (AvgIpc) is 3.10. The van der Waals surface area contributed by atoms with Crippen molar-refractivity contribution in [2.24, 2.45) is 0 Å².